The molecule has 1 aliphatic carbocycles. The Bertz CT molecular complexity index is 1360. The minimum Gasteiger partial charge on any atom is -0.395 e. The number of rotatable bonds is 6. The highest BCUT2D eigenvalue weighted by atomic mass is 16.7. The maximum absolute atomic E-state index is 12.3. The average molecular weight is 551 g/mol. The van der Waals surface area contributed by atoms with Crippen LogP contribution in [0.1, 0.15) is 51.2 Å². The van der Waals surface area contributed by atoms with E-state index in [0.29, 0.717) is 28.9 Å². The zero-order valence-electron chi connectivity index (χ0n) is 23.5. The van der Waals surface area contributed by atoms with Crippen LogP contribution in [0.25, 0.3) is 0 Å². The molecule has 4 aromatic carbocycles. The summed E-state index contributed by atoms with van der Waals surface area (Å²) >= 11 is 0. The van der Waals surface area contributed by atoms with Crippen molar-refractivity contribution in [1.82, 2.24) is 0 Å². The molecule has 1 unspecified atom stereocenters. The summed E-state index contributed by atoms with van der Waals surface area (Å²) in [5.41, 5.74) is 2.12. The van der Waals surface area contributed by atoms with Crippen LogP contribution < -0.4 is 18.9 Å². The third-order valence-electron chi connectivity index (χ3n) is 7.48. The van der Waals surface area contributed by atoms with Gasteiger partial charge in [0.2, 0.25) is 0 Å². The third kappa shape index (κ3) is 6.95. The van der Waals surface area contributed by atoms with Crippen molar-refractivity contribution in [2.75, 3.05) is 0 Å². The van der Waals surface area contributed by atoms with Gasteiger partial charge >= 0.3 is 12.3 Å². The van der Waals surface area contributed by atoms with Crippen molar-refractivity contribution in [1.29, 1.82) is 0 Å². The summed E-state index contributed by atoms with van der Waals surface area (Å²) in [5.74, 6) is 2.16. The van der Waals surface area contributed by atoms with Crippen LogP contribution in [0.5, 0.6) is 23.0 Å². The molecule has 0 saturated heterocycles. The molecule has 0 N–H and O–H groups in total. The van der Waals surface area contributed by atoms with Crippen molar-refractivity contribution in [2.45, 2.75) is 45.4 Å². The molecule has 6 nitrogen and oxygen atoms in total. The first-order valence-corrected chi connectivity index (χ1v) is 13.8. The first-order valence-electron chi connectivity index (χ1n) is 13.8. The molecule has 1 saturated carbocycles. The van der Waals surface area contributed by atoms with E-state index in [0.717, 1.165) is 30.4 Å². The number of benzene rings is 4. The van der Waals surface area contributed by atoms with E-state index in [2.05, 4.69) is 20.8 Å². The zero-order valence-corrected chi connectivity index (χ0v) is 23.5. The summed E-state index contributed by atoms with van der Waals surface area (Å²) in [7, 11) is 0. The van der Waals surface area contributed by atoms with Gasteiger partial charge < -0.3 is 18.9 Å². The van der Waals surface area contributed by atoms with Crippen LogP contribution in [-0.4, -0.2) is 12.3 Å². The zero-order chi connectivity index (χ0) is 28.9. The fraction of sp³-hybridized carbons (Fsp3) is 0.257. The number of hydrogen-bond acceptors (Lipinski definition) is 6. The van der Waals surface area contributed by atoms with Gasteiger partial charge in [0.05, 0.1) is 0 Å². The van der Waals surface area contributed by atoms with Gasteiger partial charge in [0.1, 0.15) is 23.0 Å². The van der Waals surface area contributed by atoms with Crippen LogP contribution in [0.2, 0.25) is 0 Å². The molecule has 0 radical (unpaired) electrons. The van der Waals surface area contributed by atoms with E-state index >= 15 is 0 Å². The first-order chi connectivity index (χ1) is 19.7. The van der Waals surface area contributed by atoms with Gasteiger partial charge in [0.25, 0.3) is 0 Å². The van der Waals surface area contributed by atoms with Crippen molar-refractivity contribution in [3.63, 3.8) is 0 Å². The molecule has 5 rings (SSSR count). The molecule has 210 valence electrons. The maximum Gasteiger partial charge on any atom is 0.519 e. The van der Waals surface area contributed by atoms with Crippen LogP contribution in [0.15, 0.2) is 109 Å². The quantitative estimate of drug-likeness (QED) is 0.176. The lowest BCUT2D eigenvalue weighted by Crippen LogP contribution is -2.41. The molecule has 0 aromatic heterocycles. The fourth-order valence-corrected chi connectivity index (χ4v) is 6.27. The lowest BCUT2D eigenvalue weighted by atomic mass is 9.55. The average Bonchev–Trinajstić information content (AvgIpc) is 2.93. The van der Waals surface area contributed by atoms with Crippen LogP contribution in [-0.2, 0) is 5.41 Å². The van der Waals surface area contributed by atoms with E-state index in [1.807, 2.05) is 60.7 Å². The Hall–Kier alpha value is -4.58. The lowest BCUT2D eigenvalue weighted by Gasteiger charge is -2.48. The number of ether oxygens (including phenoxy) is 4. The summed E-state index contributed by atoms with van der Waals surface area (Å²) in [4.78, 5) is 24.6. The van der Waals surface area contributed by atoms with Crippen LogP contribution >= 0.6 is 0 Å². The fourth-order valence-electron chi connectivity index (χ4n) is 6.27. The maximum atomic E-state index is 12.3. The van der Waals surface area contributed by atoms with Crippen LogP contribution in [0, 0.1) is 11.3 Å². The Morgan fingerprint density at radius 3 is 1.29 bits per heavy atom. The van der Waals surface area contributed by atoms with Crippen LogP contribution in [0.3, 0.4) is 0 Å². The predicted octanol–water partition coefficient (Wildman–Crippen LogP) is 8.97. The largest absolute Gasteiger partial charge is 0.519 e. The van der Waals surface area contributed by atoms with Gasteiger partial charge in [0, 0.05) is 5.41 Å². The summed E-state index contributed by atoms with van der Waals surface area (Å²) < 4.78 is 21.4. The van der Waals surface area contributed by atoms with Gasteiger partial charge in [0.15, 0.2) is 0 Å². The van der Waals surface area contributed by atoms with Gasteiger partial charge in [-0.1, -0.05) is 81.4 Å². The molecule has 0 bridgehead atoms. The predicted molar refractivity (Wildman–Crippen MR) is 157 cm³/mol. The second-order valence-corrected chi connectivity index (χ2v) is 11.5. The molecule has 0 amide bonds. The van der Waals surface area contributed by atoms with Crippen molar-refractivity contribution in [3.8, 4) is 23.0 Å². The van der Waals surface area contributed by atoms with Crippen molar-refractivity contribution < 1.29 is 28.5 Å². The third-order valence-corrected chi connectivity index (χ3v) is 7.48. The molecule has 1 fully saturated rings. The number of hydrogen-bond donors (Lipinski definition) is 0. The number of para-hydroxylation sites is 2. The molecule has 1 aliphatic rings. The Kier molecular flexibility index (Phi) is 8.11. The van der Waals surface area contributed by atoms with Crippen molar-refractivity contribution in [3.05, 3.63) is 120 Å². The van der Waals surface area contributed by atoms with Gasteiger partial charge in [-0.05, 0) is 90.3 Å². The highest BCUT2D eigenvalue weighted by Crippen LogP contribution is 2.53. The molecule has 0 spiro atoms. The van der Waals surface area contributed by atoms with E-state index in [-0.39, 0.29) is 10.8 Å². The normalized spacial score (nSPS) is 17.2. The summed E-state index contributed by atoms with van der Waals surface area (Å²) in [6, 6.07) is 33.0. The number of carbonyl (C=O) groups excluding carboxylic acids is 2. The second-order valence-electron chi connectivity index (χ2n) is 11.5. The van der Waals surface area contributed by atoms with Gasteiger partial charge in [-0.15, -0.1) is 0 Å². The Balaban J connectivity index is 1.36. The highest BCUT2D eigenvalue weighted by molar-refractivity contribution is 5.68. The Morgan fingerprint density at radius 1 is 0.561 bits per heavy atom. The topological polar surface area (TPSA) is 71.1 Å². The van der Waals surface area contributed by atoms with E-state index in [1.54, 1.807) is 48.5 Å². The van der Waals surface area contributed by atoms with Crippen molar-refractivity contribution >= 4 is 12.3 Å². The summed E-state index contributed by atoms with van der Waals surface area (Å²) in [5, 5.41) is 0. The first kappa shape index (κ1) is 28.0. The van der Waals surface area contributed by atoms with E-state index in [4.69, 9.17) is 18.9 Å². The van der Waals surface area contributed by atoms with E-state index in [9.17, 15) is 9.59 Å². The molecule has 0 heterocycles. The van der Waals surface area contributed by atoms with Crippen molar-refractivity contribution in [2.24, 2.45) is 11.3 Å². The van der Waals surface area contributed by atoms with Crippen LogP contribution in [0.4, 0.5) is 9.59 Å². The molecule has 0 aliphatic heterocycles. The SMILES string of the molecule is CC1CC(C)(C)CC(c2ccc(OC(=O)Oc3ccccc3)cc2)(c2ccc(OC(=O)Oc3ccccc3)cc2)C1. The molecule has 1 atom stereocenters. The van der Waals surface area contributed by atoms with E-state index < -0.39 is 12.3 Å². The molecular formula is C35H34O6. The second kappa shape index (κ2) is 11.9. The minimum absolute atomic E-state index is 0.112. The van der Waals surface area contributed by atoms with E-state index in [1.165, 1.54) is 0 Å². The standard InChI is InChI=1S/C35H34O6/c1-25-22-34(2,3)24-35(23-25,26-14-18-30(19-15-26)40-32(36)38-28-10-6-4-7-11-28)27-16-20-31(21-17-27)41-33(37)39-29-12-8-5-9-13-29/h4-21,25H,22-24H2,1-3H3. The summed E-state index contributed by atoms with van der Waals surface area (Å²) in [6.45, 7) is 6.92. The molecule has 6 heteroatoms. The van der Waals surface area contributed by atoms with Gasteiger partial charge in [-0.3, -0.25) is 0 Å². The summed E-state index contributed by atoms with van der Waals surface area (Å²) in [6.07, 6.45) is 1.47. The Labute approximate surface area is 240 Å². The highest BCUT2D eigenvalue weighted by Gasteiger charge is 2.45. The monoisotopic (exact) mass is 550 g/mol. The van der Waals surface area contributed by atoms with Gasteiger partial charge in [-0.25, -0.2) is 9.59 Å². The molecule has 41 heavy (non-hydrogen) atoms. The smallest absolute Gasteiger partial charge is 0.395 e. The minimum atomic E-state index is -0.785. The Morgan fingerprint density at radius 2 is 0.927 bits per heavy atom. The molecule has 4 aromatic rings. The lowest BCUT2D eigenvalue weighted by molar-refractivity contribution is 0.127. The number of carbonyl (C=O) groups is 2. The molecular weight excluding hydrogens is 516 g/mol. The van der Waals surface area contributed by atoms with Gasteiger partial charge in [-0.2, -0.15) is 0 Å².